The number of nitrogens with one attached hydrogen (secondary N) is 1. The predicted octanol–water partition coefficient (Wildman–Crippen LogP) is 1.10. The van der Waals surface area contributed by atoms with Gasteiger partial charge in [0.15, 0.2) is 0 Å². The van der Waals surface area contributed by atoms with Gasteiger partial charge in [0.1, 0.15) is 5.82 Å². The first-order valence-corrected chi connectivity index (χ1v) is 6.76. The number of hydrogen-bond acceptors (Lipinski definition) is 3. The van der Waals surface area contributed by atoms with Gasteiger partial charge >= 0.3 is 12.3 Å². The zero-order chi connectivity index (χ0) is 16.4. The SMILES string of the molecule is NS(=O)(=O)c1ccc(C(=O)NCC(F)(F)C(F)F)c(F)c1. The van der Waals surface area contributed by atoms with Crippen molar-refractivity contribution in [1.29, 1.82) is 0 Å². The van der Waals surface area contributed by atoms with Crippen LogP contribution in [0, 0.1) is 5.82 Å². The average molecular weight is 332 g/mol. The number of primary sulfonamides is 1. The Kier molecular flexibility index (Phi) is 4.89. The molecule has 1 aromatic rings. The standard InChI is InChI=1S/C10H9F5N2O3S/c11-7-3-5(21(16,19)20)1-2-6(7)8(18)17-4-10(14,15)9(12)13/h1-3,9H,4H2,(H,17,18)(H2,16,19,20). The number of carbonyl (C=O) groups is 1. The van der Waals surface area contributed by atoms with Gasteiger partial charge in [-0.25, -0.2) is 26.7 Å². The highest BCUT2D eigenvalue weighted by Gasteiger charge is 2.41. The van der Waals surface area contributed by atoms with Crippen LogP contribution in [0.2, 0.25) is 0 Å². The number of halogens is 5. The molecule has 1 rings (SSSR count). The summed E-state index contributed by atoms with van der Waals surface area (Å²) in [5.41, 5.74) is -0.785. The molecule has 0 heterocycles. The summed E-state index contributed by atoms with van der Waals surface area (Å²) in [5, 5.41) is 6.15. The van der Waals surface area contributed by atoms with Crippen molar-refractivity contribution in [3.05, 3.63) is 29.6 Å². The lowest BCUT2D eigenvalue weighted by atomic mass is 10.2. The monoisotopic (exact) mass is 332 g/mol. The molecule has 0 spiro atoms. The lowest BCUT2D eigenvalue weighted by Gasteiger charge is -2.15. The minimum absolute atomic E-state index is 0.412. The number of sulfonamides is 1. The molecule has 0 aliphatic carbocycles. The highest BCUT2D eigenvalue weighted by atomic mass is 32.2. The summed E-state index contributed by atoms with van der Waals surface area (Å²) in [7, 11) is -4.21. The maximum atomic E-state index is 13.5. The summed E-state index contributed by atoms with van der Waals surface area (Å²) in [6, 6.07) is 1.87. The molecule has 118 valence electrons. The van der Waals surface area contributed by atoms with Gasteiger partial charge in [0.2, 0.25) is 10.0 Å². The molecule has 11 heteroatoms. The Morgan fingerprint density at radius 2 is 1.90 bits per heavy atom. The van der Waals surface area contributed by atoms with Crippen LogP contribution in [0.4, 0.5) is 22.0 Å². The van der Waals surface area contributed by atoms with Gasteiger partial charge in [-0.15, -0.1) is 0 Å². The lowest BCUT2D eigenvalue weighted by molar-refractivity contribution is -0.123. The third-order valence-corrected chi connectivity index (χ3v) is 3.23. The third-order valence-electron chi connectivity index (χ3n) is 2.32. The summed E-state index contributed by atoms with van der Waals surface area (Å²) in [6.07, 6.45) is -3.99. The van der Waals surface area contributed by atoms with Crippen molar-refractivity contribution in [3.8, 4) is 0 Å². The number of amides is 1. The topological polar surface area (TPSA) is 89.3 Å². The van der Waals surface area contributed by atoms with Gasteiger partial charge in [0.05, 0.1) is 17.0 Å². The van der Waals surface area contributed by atoms with E-state index in [0.717, 1.165) is 6.07 Å². The maximum absolute atomic E-state index is 13.5. The zero-order valence-corrected chi connectivity index (χ0v) is 10.9. The minimum atomic E-state index is -4.47. The summed E-state index contributed by atoms with van der Waals surface area (Å²) < 4.78 is 84.3. The molecule has 5 nitrogen and oxygen atoms in total. The molecular weight excluding hydrogens is 323 g/mol. The highest BCUT2D eigenvalue weighted by molar-refractivity contribution is 7.89. The van der Waals surface area contributed by atoms with E-state index >= 15 is 0 Å². The van der Waals surface area contributed by atoms with Gasteiger partial charge in [-0.3, -0.25) is 4.79 Å². The molecule has 0 saturated carbocycles. The Balaban J connectivity index is 2.90. The molecule has 0 fully saturated rings. The van der Waals surface area contributed by atoms with Gasteiger partial charge < -0.3 is 5.32 Å². The van der Waals surface area contributed by atoms with E-state index < -0.39 is 51.1 Å². The molecule has 0 radical (unpaired) electrons. The van der Waals surface area contributed by atoms with Crippen molar-refractivity contribution in [2.45, 2.75) is 17.2 Å². The van der Waals surface area contributed by atoms with Gasteiger partial charge in [0.25, 0.3) is 5.91 Å². The average Bonchev–Trinajstić information content (AvgIpc) is 2.34. The van der Waals surface area contributed by atoms with E-state index in [9.17, 15) is 35.2 Å². The molecule has 1 amide bonds. The maximum Gasteiger partial charge on any atom is 0.324 e. The van der Waals surface area contributed by atoms with Crippen LogP contribution in [0.1, 0.15) is 10.4 Å². The van der Waals surface area contributed by atoms with Crippen LogP contribution >= 0.6 is 0 Å². The van der Waals surface area contributed by atoms with Crippen LogP contribution in [0.3, 0.4) is 0 Å². The highest BCUT2D eigenvalue weighted by Crippen LogP contribution is 2.22. The molecule has 0 atom stereocenters. The van der Waals surface area contributed by atoms with Crippen LogP contribution in [-0.2, 0) is 10.0 Å². The van der Waals surface area contributed by atoms with Crippen molar-refractivity contribution >= 4 is 15.9 Å². The van der Waals surface area contributed by atoms with Gasteiger partial charge in [0, 0.05) is 0 Å². The van der Waals surface area contributed by atoms with Crippen LogP contribution in [-0.4, -0.2) is 33.2 Å². The number of benzene rings is 1. The van der Waals surface area contributed by atoms with Gasteiger partial charge in [-0.2, -0.15) is 8.78 Å². The van der Waals surface area contributed by atoms with E-state index in [1.54, 1.807) is 0 Å². The number of alkyl halides is 4. The van der Waals surface area contributed by atoms with E-state index in [1.807, 2.05) is 0 Å². The predicted molar refractivity (Wildman–Crippen MR) is 61.1 cm³/mol. The fraction of sp³-hybridized carbons (Fsp3) is 0.300. The van der Waals surface area contributed by atoms with Crippen LogP contribution in [0.5, 0.6) is 0 Å². The smallest absolute Gasteiger partial charge is 0.324 e. The summed E-state index contributed by atoms with van der Waals surface area (Å²) in [5.74, 6) is -7.21. The molecule has 0 saturated heterocycles. The van der Waals surface area contributed by atoms with Crippen molar-refractivity contribution in [1.82, 2.24) is 5.32 Å². The summed E-state index contributed by atoms with van der Waals surface area (Å²) >= 11 is 0. The molecule has 0 aliphatic heterocycles. The van der Waals surface area contributed by atoms with Crippen molar-refractivity contribution < 1.29 is 35.2 Å². The number of nitrogens with two attached hydrogens (primary N) is 1. The number of hydrogen-bond donors (Lipinski definition) is 2. The second-order valence-electron chi connectivity index (χ2n) is 3.93. The lowest BCUT2D eigenvalue weighted by Crippen LogP contribution is -2.41. The molecule has 0 unspecified atom stereocenters. The molecule has 3 N–H and O–H groups in total. The summed E-state index contributed by atoms with van der Waals surface area (Å²) in [4.78, 5) is 10.8. The van der Waals surface area contributed by atoms with Crippen LogP contribution in [0.15, 0.2) is 23.1 Å². The zero-order valence-electron chi connectivity index (χ0n) is 10.1. The van der Waals surface area contributed by atoms with Crippen LogP contribution in [0.25, 0.3) is 0 Å². The Morgan fingerprint density at radius 3 is 2.33 bits per heavy atom. The van der Waals surface area contributed by atoms with Gasteiger partial charge in [-0.1, -0.05) is 0 Å². The molecule has 0 aromatic heterocycles. The van der Waals surface area contributed by atoms with E-state index in [1.165, 1.54) is 5.32 Å². The van der Waals surface area contributed by atoms with E-state index in [0.29, 0.717) is 12.1 Å². The quantitative estimate of drug-likeness (QED) is 0.792. The number of rotatable bonds is 5. The van der Waals surface area contributed by atoms with Crippen LogP contribution < -0.4 is 10.5 Å². The van der Waals surface area contributed by atoms with E-state index in [-0.39, 0.29) is 0 Å². The van der Waals surface area contributed by atoms with Gasteiger partial charge in [-0.05, 0) is 18.2 Å². The van der Waals surface area contributed by atoms with Crippen molar-refractivity contribution in [3.63, 3.8) is 0 Å². The third kappa shape index (κ3) is 4.36. The normalized spacial score (nSPS) is 12.5. The fourth-order valence-electron chi connectivity index (χ4n) is 1.23. The second kappa shape index (κ2) is 5.93. The Bertz CT molecular complexity index is 648. The van der Waals surface area contributed by atoms with Crippen molar-refractivity contribution in [2.75, 3.05) is 6.54 Å². The van der Waals surface area contributed by atoms with E-state index in [4.69, 9.17) is 5.14 Å². The summed E-state index contributed by atoms with van der Waals surface area (Å²) in [6.45, 7) is -1.69. The molecule has 1 aromatic carbocycles. The molecule has 0 bridgehead atoms. The largest absolute Gasteiger partial charge is 0.346 e. The Morgan fingerprint density at radius 1 is 1.33 bits per heavy atom. The first-order chi connectivity index (χ1) is 9.45. The first-order valence-electron chi connectivity index (χ1n) is 5.21. The Hall–Kier alpha value is -1.75. The van der Waals surface area contributed by atoms with Crippen molar-refractivity contribution in [2.24, 2.45) is 5.14 Å². The molecule has 21 heavy (non-hydrogen) atoms. The second-order valence-corrected chi connectivity index (χ2v) is 5.49. The number of carbonyl (C=O) groups excluding carboxylic acids is 1. The first kappa shape index (κ1) is 17.3. The molecular formula is C10H9F5N2O3S. The molecule has 0 aliphatic rings. The van der Waals surface area contributed by atoms with E-state index in [2.05, 4.69) is 0 Å². The minimum Gasteiger partial charge on any atom is -0.346 e. The Labute approximate surface area is 116 Å². The fourth-order valence-corrected chi connectivity index (χ4v) is 1.75.